The molecule has 3 aromatic rings. The molecule has 0 aliphatic carbocycles. The van der Waals surface area contributed by atoms with Gasteiger partial charge in [0.15, 0.2) is 5.76 Å². The topological polar surface area (TPSA) is 56.7 Å². The van der Waals surface area contributed by atoms with Crippen molar-refractivity contribution in [1.82, 2.24) is 20.2 Å². The number of nitrogens with zero attached hydrogens (tertiary/aromatic N) is 4. The molecule has 0 radical (unpaired) electrons. The summed E-state index contributed by atoms with van der Waals surface area (Å²) in [6, 6.07) is 11.8. The van der Waals surface area contributed by atoms with Crippen molar-refractivity contribution >= 4 is 11.6 Å². The Bertz CT molecular complexity index is 677. The average Bonchev–Trinajstić information content (AvgIpc) is 3.11. The van der Waals surface area contributed by atoms with Crippen molar-refractivity contribution in [1.29, 1.82) is 0 Å². The zero-order valence-corrected chi connectivity index (χ0v) is 11.5. The monoisotopic (exact) mass is 288 g/mol. The molecule has 0 amide bonds. The Morgan fingerprint density at radius 3 is 2.80 bits per heavy atom. The number of hydrogen-bond acceptors (Lipinski definition) is 4. The summed E-state index contributed by atoms with van der Waals surface area (Å²) in [5, 5.41) is 12.1. The van der Waals surface area contributed by atoms with Gasteiger partial charge in [0.1, 0.15) is 5.69 Å². The van der Waals surface area contributed by atoms with Crippen molar-refractivity contribution in [2.75, 3.05) is 5.88 Å². The summed E-state index contributed by atoms with van der Waals surface area (Å²) in [6.07, 6.45) is 2.59. The molecule has 0 aliphatic heterocycles. The molecule has 2 aromatic heterocycles. The van der Waals surface area contributed by atoms with Crippen LogP contribution in [-0.4, -0.2) is 26.0 Å². The van der Waals surface area contributed by atoms with Gasteiger partial charge < -0.3 is 4.52 Å². The summed E-state index contributed by atoms with van der Waals surface area (Å²) >= 11 is 5.67. The van der Waals surface area contributed by atoms with Crippen LogP contribution >= 0.6 is 11.6 Å². The van der Waals surface area contributed by atoms with Crippen molar-refractivity contribution in [2.45, 2.75) is 13.0 Å². The highest BCUT2D eigenvalue weighted by molar-refractivity contribution is 6.17. The van der Waals surface area contributed by atoms with E-state index >= 15 is 0 Å². The highest BCUT2D eigenvalue weighted by Crippen LogP contribution is 2.19. The van der Waals surface area contributed by atoms with Crippen LogP contribution in [0, 0.1) is 0 Å². The summed E-state index contributed by atoms with van der Waals surface area (Å²) in [5.74, 6) is 1.29. The predicted octanol–water partition coefficient (Wildman–Crippen LogP) is 2.76. The largest absolute Gasteiger partial charge is 0.356 e. The standard InChI is InChI=1S/C14H13ClN4O/c15-7-6-12-9-19(18-16-12)10-13-8-14(20-17-13)11-4-2-1-3-5-11/h1-5,8-9H,6-7,10H2. The minimum atomic E-state index is 0.533. The van der Waals surface area contributed by atoms with Gasteiger partial charge in [-0.3, -0.25) is 0 Å². The first-order chi connectivity index (χ1) is 9.85. The van der Waals surface area contributed by atoms with Crippen LogP contribution in [0.2, 0.25) is 0 Å². The Hall–Kier alpha value is -2.14. The number of rotatable bonds is 5. The fraction of sp³-hybridized carbons (Fsp3) is 0.214. The van der Waals surface area contributed by atoms with Crippen LogP contribution in [0.5, 0.6) is 0 Å². The molecule has 0 bridgehead atoms. The van der Waals surface area contributed by atoms with Crippen molar-refractivity contribution in [3.63, 3.8) is 0 Å². The van der Waals surface area contributed by atoms with E-state index in [0.717, 1.165) is 29.1 Å². The third kappa shape index (κ3) is 2.88. The Labute approximate surface area is 121 Å². The molecule has 3 rings (SSSR count). The summed E-state index contributed by atoms with van der Waals surface area (Å²) in [5.41, 5.74) is 2.70. The van der Waals surface area contributed by atoms with Gasteiger partial charge in [0.05, 0.1) is 12.2 Å². The Morgan fingerprint density at radius 1 is 1.15 bits per heavy atom. The second-order valence-corrected chi connectivity index (χ2v) is 4.77. The molecule has 6 heteroatoms. The van der Waals surface area contributed by atoms with Gasteiger partial charge in [-0.05, 0) is 0 Å². The molecule has 102 valence electrons. The van der Waals surface area contributed by atoms with Gasteiger partial charge in [0, 0.05) is 30.1 Å². The molecule has 0 N–H and O–H groups in total. The number of aryl methyl sites for hydroxylation is 1. The van der Waals surface area contributed by atoms with Crippen LogP contribution in [0.1, 0.15) is 11.4 Å². The van der Waals surface area contributed by atoms with Gasteiger partial charge in [-0.1, -0.05) is 40.7 Å². The van der Waals surface area contributed by atoms with E-state index in [2.05, 4.69) is 15.5 Å². The van der Waals surface area contributed by atoms with Crippen molar-refractivity contribution in [3.05, 3.63) is 54.0 Å². The fourth-order valence-corrected chi connectivity index (χ4v) is 2.11. The summed E-state index contributed by atoms with van der Waals surface area (Å²) in [7, 11) is 0. The molecular formula is C14H13ClN4O. The lowest BCUT2D eigenvalue weighted by Gasteiger charge is -1.93. The third-order valence-corrected chi connectivity index (χ3v) is 3.07. The van der Waals surface area contributed by atoms with Gasteiger partial charge in [-0.25, -0.2) is 4.68 Å². The molecule has 5 nitrogen and oxygen atoms in total. The Morgan fingerprint density at radius 2 is 2.00 bits per heavy atom. The van der Waals surface area contributed by atoms with E-state index in [1.165, 1.54) is 0 Å². The minimum Gasteiger partial charge on any atom is -0.356 e. The fourth-order valence-electron chi connectivity index (χ4n) is 1.92. The molecule has 0 aliphatic rings. The maximum Gasteiger partial charge on any atom is 0.167 e. The molecule has 0 saturated carbocycles. The lowest BCUT2D eigenvalue weighted by molar-refractivity contribution is 0.419. The maximum absolute atomic E-state index is 5.67. The smallest absolute Gasteiger partial charge is 0.167 e. The highest BCUT2D eigenvalue weighted by Gasteiger charge is 2.08. The van der Waals surface area contributed by atoms with Gasteiger partial charge >= 0.3 is 0 Å². The quantitative estimate of drug-likeness (QED) is 0.677. The molecule has 0 spiro atoms. The predicted molar refractivity (Wildman–Crippen MR) is 75.5 cm³/mol. The Balaban J connectivity index is 1.73. The first kappa shape index (κ1) is 12.9. The van der Waals surface area contributed by atoms with E-state index < -0.39 is 0 Å². The second kappa shape index (κ2) is 5.88. The SMILES string of the molecule is ClCCc1cn(Cc2cc(-c3ccccc3)on2)nn1. The third-order valence-electron chi connectivity index (χ3n) is 2.88. The van der Waals surface area contributed by atoms with E-state index in [1.807, 2.05) is 42.6 Å². The summed E-state index contributed by atoms with van der Waals surface area (Å²) in [6.45, 7) is 0.533. The lowest BCUT2D eigenvalue weighted by atomic mass is 10.2. The van der Waals surface area contributed by atoms with Crippen LogP contribution in [0.25, 0.3) is 11.3 Å². The lowest BCUT2D eigenvalue weighted by Crippen LogP contribution is -2.00. The zero-order chi connectivity index (χ0) is 13.8. The summed E-state index contributed by atoms with van der Waals surface area (Å²) in [4.78, 5) is 0. The number of benzene rings is 1. The molecule has 0 atom stereocenters. The molecule has 20 heavy (non-hydrogen) atoms. The van der Waals surface area contributed by atoms with E-state index in [1.54, 1.807) is 4.68 Å². The van der Waals surface area contributed by atoms with Crippen LogP contribution in [-0.2, 0) is 13.0 Å². The normalized spacial score (nSPS) is 10.8. The van der Waals surface area contributed by atoms with Crippen molar-refractivity contribution < 1.29 is 4.52 Å². The van der Waals surface area contributed by atoms with E-state index in [9.17, 15) is 0 Å². The van der Waals surface area contributed by atoms with Crippen molar-refractivity contribution in [2.24, 2.45) is 0 Å². The second-order valence-electron chi connectivity index (χ2n) is 4.39. The maximum atomic E-state index is 5.67. The Kier molecular flexibility index (Phi) is 3.78. The summed E-state index contributed by atoms with van der Waals surface area (Å²) < 4.78 is 7.08. The van der Waals surface area contributed by atoms with Crippen LogP contribution in [0.15, 0.2) is 47.1 Å². The zero-order valence-electron chi connectivity index (χ0n) is 10.7. The average molecular weight is 289 g/mol. The van der Waals surface area contributed by atoms with Crippen LogP contribution in [0.3, 0.4) is 0 Å². The van der Waals surface area contributed by atoms with Crippen molar-refractivity contribution in [3.8, 4) is 11.3 Å². The number of halogens is 1. The molecule has 0 saturated heterocycles. The van der Waals surface area contributed by atoms with Gasteiger partial charge in [-0.15, -0.1) is 16.7 Å². The van der Waals surface area contributed by atoms with E-state index in [4.69, 9.17) is 16.1 Å². The van der Waals surface area contributed by atoms with E-state index in [-0.39, 0.29) is 0 Å². The molecular weight excluding hydrogens is 276 g/mol. The van der Waals surface area contributed by atoms with Gasteiger partial charge in [0.25, 0.3) is 0 Å². The molecule has 2 heterocycles. The molecule has 1 aromatic carbocycles. The first-order valence-electron chi connectivity index (χ1n) is 6.31. The number of hydrogen-bond donors (Lipinski definition) is 0. The van der Waals surface area contributed by atoms with Gasteiger partial charge in [-0.2, -0.15) is 0 Å². The minimum absolute atomic E-state index is 0.533. The number of aromatic nitrogens is 4. The van der Waals surface area contributed by atoms with E-state index in [0.29, 0.717) is 12.4 Å². The molecule has 0 unspecified atom stereocenters. The molecule has 0 fully saturated rings. The highest BCUT2D eigenvalue weighted by atomic mass is 35.5. The first-order valence-corrected chi connectivity index (χ1v) is 6.84. The van der Waals surface area contributed by atoms with Gasteiger partial charge in [0.2, 0.25) is 0 Å². The van der Waals surface area contributed by atoms with Crippen LogP contribution in [0.4, 0.5) is 0 Å². The number of alkyl halides is 1. The van der Waals surface area contributed by atoms with Crippen LogP contribution < -0.4 is 0 Å².